The third kappa shape index (κ3) is 60.2. The van der Waals surface area contributed by atoms with E-state index in [0.717, 1.165) is 77.0 Å². The zero-order valence-electron chi connectivity index (χ0n) is 49.6. The van der Waals surface area contributed by atoms with Gasteiger partial charge in [-0.25, -0.2) is 0 Å². The predicted molar refractivity (Wildman–Crippen MR) is 321 cm³/mol. The van der Waals surface area contributed by atoms with Crippen molar-refractivity contribution in [2.75, 3.05) is 13.2 Å². The van der Waals surface area contributed by atoms with Crippen LogP contribution in [0.2, 0.25) is 0 Å². The molecule has 0 aromatic carbocycles. The Morgan fingerprint density at radius 2 is 0.486 bits per heavy atom. The minimum absolute atomic E-state index is 0.0745. The molecule has 0 aliphatic rings. The Bertz CT molecular complexity index is 1280. The van der Waals surface area contributed by atoms with E-state index in [9.17, 15) is 14.4 Å². The van der Waals surface area contributed by atoms with Gasteiger partial charge < -0.3 is 14.2 Å². The normalized spacial score (nSPS) is 12.3. The van der Waals surface area contributed by atoms with Gasteiger partial charge in [0.05, 0.1) is 0 Å². The highest BCUT2D eigenvalue weighted by Crippen LogP contribution is 2.17. The highest BCUT2D eigenvalue weighted by atomic mass is 16.6. The first-order valence-electron chi connectivity index (χ1n) is 32.6. The number of carbonyl (C=O) groups is 3. The number of allylic oxidation sites excluding steroid dienone is 8. The number of unbranched alkanes of at least 4 members (excludes halogenated alkanes) is 41. The van der Waals surface area contributed by atoms with Crippen molar-refractivity contribution in [2.45, 2.75) is 354 Å². The van der Waals surface area contributed by atoms with Crippen LogP contribution in [0.5, 0.6) is 0 Å². The van der Waals surface area contributed by atoms with Crippen molar-refractivity contribution >= 4 is 17.9 Å². The first-order valence-corrected chi connectivity index (χ1v) is 32.6. The maximum Gasteiger partial charge on any atom is 0.306 e. The molecule has 0 amide bonds. The Kier molecular flexibility index (Phi) is 60.7. The molecule has 0 saturated carbocycles. The van der Waals surface area contributed by atoms with E-state index in [1.165, 1.54) is 231 Å². The Hall–Kier alpha value is -2.63. The van der Waals surface area contributed by atoms with Gasteiger partial charge in [0.25, 0.3) is 0 Å². The molecule has 6 heteroatoms. The van der Waals surface area contributed by atoms with Gasteiger partial charge in [-0.15, -0.1) is 0 Å². The second-order valence-corrected chi connectivity index (χ2v) is 22.0. The SMILES string of the molecule is CCCCCCC/C=C\C/C=C\C/C=C\CCCCCCCCC(=O)OCC(COC(=O)CCCCCCCCCCCCCCCC)OC(=O)CCCCCCCCCCC/C=C\CCCCCCCCCC. The van der Waals surface area contributed by atoms with E-state index in [-0.39, 0.29) is 31.1 Å². The van der Waals surface area contributed by atoms with E-state index in [0.29, 0.717) is 19.3 Å². The van der Waals surface area contributed by atoms with Crippen LogP contribution >= 0.6 is 0 Å². The Balaban J connectivity index is 4.35. The number of carbonyl (C=O) groups excluding carboxylic acids is 3. The largest absolute Gasteiger partial charge is 0.462 e. The number of hydrogen-bond acceptors (Lipinski definition) is 6. The Morgan fingerprint density at radius 3 is 0.770 bits per heavy atom. The summed E-state index contributed by atoms with van der Waals surface area (Å²) in [6, 6.07) is 0. The van der Waals surface area contributed by atoms with Crippen LogP contribution in [0.4, 0.5) is 0 Å². The highest BCUT2D eigenvalue weighted by Gasteiger charge is 2.19. The van der Waals surface area contributed by atoms with Crippen LogP contribution in [0.1, 0.15) is 348 Å². The predicted octanol–water partition coefficient (Wildman–Crippen LogP) is 22.2. The molecule has 432 valence electrons. The molecule has 0 spiro atoms. The van der Waals surface area contributed by atoms with E-state index in [2.05, 4.69) is 69.4 Å². The van der Waals surface area contributed by atoms with Crippen LogP contribution in [-0.2, 0) is 28.6 Å². The van der Waals surface area contributed by atoms with Crippen LogP contribution in [-0.4, -0.2) is 37.2 Å². The van der Waals surface area contributed by atoms with Gasteiger partial charge in [-0.1, -0.05) is 294 Å². The Labute approximate surface area is 460 Å². The molecule has 74 heavy (non-hydrogen) atoms. The molecule has 0 fully saturated rings. The molecular weight excluding hydrogens is 913 g/mol. The molecule has 0 N–H and O–H groups in total. The molecule has 1 atom stereocenters. The maximum absolute atomic E-state index is 12.9. The summed E-state index contributed by atoms with van der Waals surface area (Å²) >= 11 is 0. The molecule has 0 heterocycles. The standard InChI is InChI=1S/C68H124O6/c1-4-7-10-13-16-19-22-25-28-30-32-34-36-38-40-43-46-49-52-55-58-61-67(70)73-64-65(63-72-66(69)60-57-54-51-48-45-42-27-24-21-18-15-12-9-6-3)74-68(71)62-59-56-53-50-47-44-41-39-37-35-33-31-29-26-23-20-17-14-11-8-5-2/h22,25,30-33,36,38,65H,4-21,23-24,26-29,34-35,37,39-64H2,1-3H3/b25-22-,32-30-,33-31-,38-36-. The summed E-state index contributed by atoms with van der Waals surface area (Å²) < 4.78 is 16.9. The monoisotopic (exact) mass is 1040 g/mol. The molecule has 6 nitrogen and oxygen atoms in total. The van der Waals surface area contributed by atoms with Crippen LogP contribution in [0, 0.1) is 0 Å². The van der Waals surface area contributed by atoms with E-state index >= 15 is 0 Å². The topological polar surface area (TPSA) is 78.9 Å². The van der Waals surface area contributed by atoms with Gasteiger partial charge >= 0.3 is 17.9 Å². The second kappa shape index (κ2) is 62.9. The van der Waals surface area contributed by atoms with Crippen molar-refractivity contribution in [1.82, 2.24) is 0 Å². The minimum atomic E-state index is -0.779. The molecular formula is C68H124O6. The number of hydrogen-bond donors (Lipinski definition) is 0. The highest BCUT2D eigenvalue weighted by molar-refractivity contribution is 5.71. The third-order valence-electron chi connectivity index (χ3n) is 14.6. The van der Waals surface area contributed by atoms with Crippen molar-refractivity contribution in [1.29, 1.82) is 0 Å². The van der Waals surface area contributed by atoms with Crippen LogP contribution < -0.4 is 0 Å². The lowest BCUT2D eigenvalue weighted by molar-refractivity contribution is -0.167. The summed E-state index contributed by atoms with van der Waals surface area (Å²) in [6.07, 6.45) is 78.3. The fourth-order valence-electron chi connectivity index (χ4n) is 9.62. The van der Waals surface area contributed by atoms with E-state index in [1.54, 1.807) is 0 Å². The molecule has 0 saturated heterocycles. The van der Waals surface area contributed by atoms with Gasteiger partial charge in [-0.2, -0.15) is 0 Å². The summed E-state index contributed by atoms with van der Waals surface area (Å²) in [6.45, 7) is 6.67. The number of esters is 3. The molecule has 0 radical (unpaired) electrons. The van der Waals surface area contributed by atoms with E-state index in [4.69, 9.17) is 14.2 Å². The summed E-state index contributed by atoms with van der Waals surface area (Å²) in [7, 11) is 0. The van der Waals surface area contributed by atoms with Gasteiger partial charge in [-0.3, -0.25) is 14.4 Å². The average Bonchev–Trinajstić information content (AvgIpc) is 3.40. The van der Waals surface area contributed by atoms with Gasteiger partial charge in [-0.05, 0) is 83.5 Å². The van der Waals surface area contributed by atoms with Gasteiger partial charge in [0, 0.05) is 19.3 Å². The van der Waals surface area contributed by atoms with Crippen molar-refractivity contribution < 1.29 is 28.6 Å². The summed E-state index contributed by atoms with van der Waals surface area (Å²) in [5.74, 6) is -0.868. The lowest BCUT2D eigenvalue weighted by Gasteiger charge is -2.18. The van der Waals surface area contributed by atoms with Crippen molar-refractivity contribution in [2.24, 2.45) is 0 Å². The van der Waals surface area contributed by atoms with Gasteiger partial charge in [0.2, 0.25) is 0 Å². The zero-order chi connectivity index (χ0) is 53.6. The smallest absolute Gasteiger partial charge is 0.306 e. The lowest BCUT2D eigenvalue weighted by Crippen LogP contribution is -2.30. The van der Waals surface area contributed by atoms with Gasteiger partial charge in [0.15, 0.2) is 6.10 Å². The quantitative estimate of drug-likeness (QED) is 0.0261. The lowest BCUT2D eigenvalue weighted by atomic mass is 10.0. The molecule has 0 bridgehead atoms. The van der Waals surface area contributed by atoms with Crippen LogP contribution in [0.25, 0.3) is 0 Å². The maximum atomic E-state index is 12.9. The molecule has 0 aliphatic carbocycles. The Morgan fingerprint density at radius 1 is 0.270 bits per heavy atom. The first-order chi connectivity index (χ1) is 36.5. The van der Waals surface area contributed by atoms with Crippen molar-refractivity contribution in [3.63, 3.8) is 0 Å². The zero-order valence-corrected chi connectivity index (χ0v) is 49.6. The number of rotatable bonds is 60. The average molecular weight is 1040 g/mol. The summed E-state index contributed by atoms with van der Waals surface area (Å²) in [5.41, 5.74) is 0. The fraction of sp³-hybridized carbons (Fsp3) is 0.838. The minimum Gasteiger partial charge on any atom is -0.462 e. The van der Waals surface area contributed by atoms with Crippen molar-refractivity contribution in [3.05, 3.63) is 48.6 Å². The number of ether oxygens (including phenoxy) is 3. The molecule has 0 rings (SSSR count). The summed E-state index contributed by atoms with van der Waals surface area (Å²) in [5, 5.41) is 0. The first kappa shape index (κ1) is 71.4. The van der Waals surface area contributed by atoms with Crippen LogP contribution in [0.3, 0.4) is 0 Å². The van der Waals surface area contributed by atoms with Crippen LogP contribution in [0.15, 0.2) is 48.6 Å². The molecule has 0 aromatic heterocycles. The van der Waals surface area contributed by atoms with Gasteiger partial charge in [0.1, 0.15) is 13.2 Å². The molecule has 0 aliphatic heterocycles. The fourth-order valence-corrected chi connectivity index (χ4v) is 9.62. The molecule has 1 unspecified atom stereocenters. The second-order valence-electron chi connectivity index (χ2n) is 22.0. The summed E-state index contributed by atoms with van der Waals surface area (Å²) in [4.78, 5) is 38.3. The van der Waals surface area contributed by atoms with Crippen molar-refractivity contribution in [3.8, 4) is 0 Å². The van der Waals surface area contributed by atoms with E-state index < -0.39 is 6.10 Å². The van der Waals surface area contributed by atoms with E-state index in [1.807, 2.05) is 0 Å². The third-order valence-corrected chi connectivity index (χ3v) is 14.6. The molecule has 0 aromatic rings.